The van der Waals surface area contributed by atoms with E-state index in [1.165, 1.54) is 18.2 Å². The lowest BCUT2D eigenvalue weighted by atomic mass is 10.1. The van der Waals surface area contributed by atoms with Crippen LogP contribution in [-0.2, 0) is 0 Å². The molecule has 0 aliphatic heterocycles. The Labute approximate surface area is 170 Å². The first-order valence-corrected chi connectivity index (χ1v) is 9.26. The third kappa shape index (κ3) is 5.54. The van der Waals surface area contributed by atoms with Crippen LogP contribution in [0.5, 0.6) is 0 Å². The standard InChI is InChI=1S/C21H26N4O4/c1-13(2)12-22-21(27)17-11-16(8-9-18(17)24(4)5)23-20(26)15-7-6-14(3)19(10-15)25(28)29/h6-11,13H,12H2,1-5H3,(H,22,27)(H,23,26). The van der Waals surface area contributed by atoms with Gasteiger partial charge in [-0.3, -0.25) is 19.7 Å². The number of benzene rings is 2. The van der Waals surface area contributed by atoms with E-state index < -0.39 is 10.8 Å². The van der Waals surface area contributed by atoms with Crippen LogP contribution < -0.4 is 15.5 Å². The van der Waals surface area contributed by atoms with Gasteiger partial charge in [-0.1, -0.05) is 19.9 Å². The van der Waals surface area contributed by atoms with Crippen LogP contribution in [0.25, 0.3) is 0 Å². The Hall–Kier alpha value is -3.42. The molecule has 0 atom stereocenters. The van der Waals surface area contributed by atoms with Crippen molar-refractivity contribution in [3.63, 3.8) is 0 Å². The molecule has 2 aromatic rings. The highest BCUT2D eigenvalue weighted by Gasteiger charge is 2.17. The summed E-state index contributed by atoms with van der Waals surface area (Å²) in [6, 6.07) is 9.35. The number of rotatable bonds is 7. The van der Waals surface area contributed by atoms with Gasteiger partial charge in [0.15, 0.2) is 0 Å². The zero-order chi connectivity index (χ0) is 21.7. The Morgan fingerprint density at radius 1 is 1.10 bits per heavy atom. The number of anilines is 2. The van der Waals surface area contributed by atoms with E-state index >= 15 is 0 Å². The number of nitrogens with zero attached hydrogens (tertiary/aromatic N) is 2. The summed E-state index contributed by atoms with van der Waals surface area (Å²) in [7, 11) is 3.66. The molecule has 8 heteroatoms. The van der Waals surface area contributed by atoms with E-state index in [1.807, 2.05) is 32.8 Å². The monoisotopic (exact) mass is 398 g/mol. The SMILES string of the molecule is Cc1ccc(C(=O)Nc2ccc(N(C)C)c(C(=O)NCC(C)C)c2)cc1[N+](=O)[O-]. The molecule has 154 valence electrons. The summed E-state index contributed by atoms with van der Waals surface area (Å²) in [4.78, 5) is 37.6. The molecule has 0 saturated carbocycles. The van der Waals surface area contributed by atoms with Crippen molar-refractivity contribution >= 4 is 28.9 Å². The Morgan fingerprint density at radius 3 is 2.38 bits per heavy atom. The largest absolute Gasteiger partial charge is 0.377 e. The molecule has 2 aromatic carbocycles. The van der Waals surface area contributed by atoms with Crippen molar-refractivity contribution in [1.82, 2.24) is 5.32 Å². The summed E-state index contributed by atoms with van der Waals surface area (Å²) in [6.07, 6.45) is 0. The number of carbonyl (C=O) groups excluding carboxylic acids is 2. The minimum Gasteiger partial charge on any atom is -0.377 e. The van der Waals surface area contributed by atoms with Crippen LogP contribution in [0.3, 0.4) is 0 Å². The Balaban J connectivity index is 2.30. The minimum absolute atomic E-state index is 0.116. The molecule has 29 heavy (non-hydrogen) atoms. The molecular weight excluding hydrogens is 372 g/mol. The van der Waals surface area contributed by atoms with Gasteiger partial charge in [-0.2, -0.15) is 0 Å². The van der Waals surface area contributed by atoms with Gasteiger partial charge in [0.05, 0.1) is 10.5 Å². The van der Waals surface area contributed by atoms with Gasteiger partial charge >= 0.3 is 0 Å². The molecule has 8 nitrogen and oxygen atoms in total. The second kappa shape index (κ2) is 9.18. The number of amides is 2. The molecular formula is C21H26N4O4. The Kier molecular flexibility index (Phi) is 6.93. The predicted octanol–water partition coefficient (Wildman–Crippen LogP) is 3.61. The van der Waals surface area contributed by atoms with Crippen LogP contribution in [0.4, 0.5) is 17.1 Å². The lowest BCUT2D eigenvalue weighted by molar-refractivity contribution is -0.385. The highest BCUT2D eigenvalue weighted by molar-refractivity contribution is 6.06. The van der Waals surface area contributed by atoms with Gasteiger partial charge in [-0.05, 0) is 37.1 Å². The normalized spacial score (nSPS) is 10.6. The summed E-state index contributed by atoms with van der Waals surface area (Å²) in [6.45, 7) is 6.16. The molecule has 0 aliphatic rings. The van der Waals surface area contributed by atoms with E-state index in [0.29, 0.717) is 29.3 Å². The first-order chi connectivity index (χ1) is 13.6. The summed E-state index contributed by atoms with van der Waals surface area (Å²) >= 11 is 0. The van der Waals surface area contributed by atoms with Crippen LogP contribution in [-0.4, -0.2) is 37.4 Å². The van der Waals surface area contributed by atoms with Crippen molar-refractivity contribution in [2.75, 3.05) is 30.9 Å². The third-order valence-corrected chi connectivity index (χ3v) is 4.32. The summed E-state index contributed by atoms with van der Waals surface area (Å²) in [5.74, 6) is -0.411. The van der Waals surface area contributed by atoms with E-state index in [1.54, 1.807) is 25.1 Å². The molecule has 0 aromatic heterocycles. The minimum atomic E-state index is -0.519. The van der Waals surface area contributed by atoms with Crippen LogP contribution >= 0.6 is 0 Å². The molecule has 0 unspecified atom stereocenters. The summed E-state index contributed by atoms with van der Waals surface area (Å²) < 4.78 is 0. The molecule has 2 amide bonds. The van der Waals surface area contributed by atoms with Crippen molar-refractivity contribution in [2.45, 2.75) is 20.8 Å². The molecule has 0 aliphatic carbocycles. The van der Waals surface area contributed by atoms with Gasteiger partial charge in [0.2, 0.25) is 0 Å². The van der Waals surface area contributed by atoms with E-state index in [9.17, 15) is 19.7 Å². The molecule has 2 N–H and O–H groups in total. The van der Waals surface area contributed by atoms with Gasteiger partial charge in [-0.15, -0.1) is 0 Å². The van der Waals surface area contributed by atoms with E-state index in [2.05, 4.69) is 10.6 Å². The first kappa shape index (κ1) is 21.9. The van der Waals surface area contributed by atoms with Gasteiger partial charge in [0.1, 0.15) is 0 Å². The van der Waals surface area contributed by atoms with Gasteiger partial charge < -0.3 is 15.5 Å². The number of aryl methyl sites for hydroxylation is 1. The van der Waals surface area contributed by atoms with E-state index in [-0.39, 0.29) is 17.2 Å². The molecule has 0 fully saturated rings. The summed E-state index contributed by atoms with van der Waals surface area (Å²) in [5.41, 5.74) is 2.11. The topological polar surface area (TPSA) is 105 Å². The maximum Gasteiger partial charge on any atom is 0.273 e. The maximum atomic E-state index is 12.6. The van der Waals surface area contributed by atoms with Gasteiger partial charge in [0, 0.05) is 49.2 Å². The highest BCUT2D eigenvalue weighted by atomic mass is 16.6. The molecule has 0 spiro atoms. The average molecular weight is 398 g/mol. The van der Waals surface area contributed by atoms with Crippen LogP contribution in [0, 0.1) is 23.0 Å². The van der Waals surface area contributed by atoms with Gasteiger partial charge in [-0.25, -0.2) is 0 Å². The fourth-order valence-corrected chi connectivity index (χ4v) is 2.73. The zero-order valence-corrected chi connectivity index (χ0v) is 17.3. The zero-order valence-electron chi connectivity index (χ0n) is 17.3. The second-order valence-electron chi connectivity index (χ2n) is 7.44. The van der Waals surface area contributed by atoms with Crippen molar-refractivity contribution in [2.24, 2.45) is 5.92 Å². The van der Waals surface area contributed by atoms with Crippen molar-refractivity contribution in [1.29, 1.82) is 0 Å². The lowest BCUT2D eigenvalue weighted by Crippen LogP contribution is -2.29. The molecule has 2 rings (SSSR count). The van der Waals surface area contributed by atoms with Crippen LogP contribution in [0.15, 0.2) is 36.4 Å². The van der Waals surface area contributed by atoms with Crippen molar-refractivity contribution in [3.05, 3.63) is 63.2 Å². The fraction of sp³-hybridized carbons (Fsp3) is 0.333. The van der Waals surface area contributed by atoms with Crippen LogP contribution in [0.2, 0.25) is 0 Å². The predicted molar refractivity (Wildman–Crippen MR) is 114 cm³/mol. The van der Waals surface area contributed by atoms with E-state index in [4.69, 9.17) is 0 Å². The molecule has 0 radical (unpaired) electrons. The van der Waals surface area contributed by atoms with Gasteiger partial charge in [0.25, 0.3) is 17.5 Å². The van der Waals surface area contributed by atoms with E-state index in [0.717, 1.165) is 5.69 Å². The fourth-order valence-electron chi connectivity index (χ4n) is 2.73. The number of hydrogen-bond donors (Lipinski definition) is 2. The smallest absolute Gasteiger partial charge is 0.273 e. The molecule has 0 bridgehead atoms. The molecule has 0 saturated heterocycles. The average Bonchev–Trinajstić information content (AvgIpc) is 2.65. The third-order valence-electron chi connectivity index (χ3n) is 4.32. The second-order valence-corrected chi connectivity index (χ2v) is 7.44. The van der Waals surface area contributed by atoms with Crippen LogP contribution in [0.1, 0.15) is 40.1 Å². The molecule has 0 heterocycles. The quantitative estimate of drug-likeness (QED) is 0.548. The van der Waals surface area contributed by atoms with Crippen molar-refractivity contribution in [3.8, 4) is 0 Å². The number of nitro benzene ring substituents is 1. The Morgan fingerprint density at radius 2 is 1.79 bits per heavy atom. The lowest BCUT2D eigenvalue weighted by Gasteiger charge is -2.19. The number of nitrogens with one attached hydrogen (secondary N) is 2. The van der Waals surface area contributed by atoms with Crippen molar-refractivity contribution < 1.29 is 14.5 Å². The summed E-state index contributed by atoms with van der Waals surface area (Å²) in [5, 5.41) is 16.7. The first-order valence-electron chi connectivity index (χ1n) is 9.26. The number of hydrogen-bond acceptors (Lipinski definition) is 5. The number of carbonyl (C=O) groups is 2. The maximum absolute atomic E-state index is 12.6. The number of nitro groups is 1. The highest BCUT2D eigenvalue weighted by Crippen LogP contribution is 2.24. The Bertz CT molecular complexity index is 938.